The van der Waals surface area contributed by atoms with Gasteiger partial charge < -0.3 is 15.0 Å². The van der Waals surface area contributed by atoms with E-state index < -0.39 is 0 Å². The topological polar surface area (TPSA) is 74.1 Å². The highest BCUT2D eigenvalue weighted by atomic mass is 79.9. The molecule has 20 heavy (non-hydrogen) atoms. The highest BCUT2D eigenvalue weighted by molar-refractivity contribution is 9.10. The maximum Gasteiger partial charge on any atom is 0.224 e. The van der Waals surface area contributed by atoms with Crippen molar-refractivity contribution in [1.29, 1.82) is 5.26 Å². The molecule has 0 saturated heterocycles. The van der Waals surface area contributed by atoms with Crippen LogP contribution in [0.1, 0.15) is 19.8 Å². The standard InChI is InChI=1S/C13H20BrN5O/c1-3-6-16-13-17-10-11(14)12(18-13)19(7-4-5-15)8-9-20-2/h10H,3-4,6-9H2,1-2H3,(H,16,17,18). The van der Waals surface area contributed by atoms with Gasteiger partial charge in [-0.3, -0.25) is 0 Å². The van der Waals surface area contributed by atoms with Crippen LogP contribution in [0.3, 0.4) is 0 Å². The average Bonchev–Trinajstić information content (AvgIpc) is 2.47. The molecule has 1 aromatic heterocycles. The number of ether oxygens (including phenoxy) is 1. The lowest BCUT2D eigenvalue weighted by atomic mass is 10.3. The molecular weight excluding hydrogens is 322 g/mol. The number of nitriles is 1. The Kier molecular flexibility index (Phi) is 7.92. The maximum absolute atomic E-state index is 8.76. The molecule has 1 heterocycles. The molecule has 7 heteroatoms. The van der Waals surface area contributed by atoms with Crippen LogP contribution in [-0.4, -0.2) is 43.3 Å². The summed E-state index contributed by atoms with van der Waals surface area (Å²) in [7, 11) is 1.66. The molecule has 0 radical (unpaired) electrons. The fourth-order valence-electron chi connectivity index (χ4n) is 1.61. The van der Waals surface area contributed by atoms with Gasteiger partial charge in [0.05, 0.1) is 23.6 Å². The van der Waals surface area contributed by atoms with Crippen molar-refractivity contribution in [2.75, 3.05) is 43.6 Å². The lowest BCUT2D eigenvalue weighted by Gasteiger charge is -2.23. The van der Waals surface area contributed by atoms with Gasteiger partial charge in [0.25, 0.3) is 0 Å². The molecule has 0 aliphatic heterocycles. The van der Waals surface area contributed by atoms with Crippen molar-refractivity contribution < 1.29 is 4.74 Å². The minimum Gasteiger partial charge on any atom is -0.383 e. The van der Waals surface area contributed by atoms with Crippen LogP contribution >= 0.6 is 15.9 Å². The Morgan fingerprint density at radius 2 is 2.30 bits per heavy atom. The van der Waals surface area contributed by atoms with Crippen LogP contribution in [0.25, 0.3) is 0 Å². The number of anilines is 2. The van der Waals surface area contributed by atoms with Gasteiger partial charge in [0.15, 0.2) is 0 Å². The molecule has 110 valence electrons. The second-order valence-electron chi connectivity index (χ2n) is 4.18. The van der Waals surface area contributed by atoms with Gasteiger partial charge in [0.1, 0.15) is 5.82 Å². The van der Waals surface area contributed by atoms with Crippen LogP contribution in [0.15, 0.2) is 10.7 Å². The molecular formula is C13H20BrN5O. The first-order valence-corrected chi connectivity index (χ1v) is 7.39. The molecule has 0 saturated carbocycles. The minimum atomic E-state index is 0.442. The van der Waals surface area contributed by atoms with Crippen LogP contribution in [0.4, 0.5) is 11.8 Å². The van der Waals surface area contributed by atoms with E-state index in [0.29, 0.717) is 32.1 Å². The van der Waals surface area contributed by atoms with Crippen molar-refractivity contribution in [1.82, 2.24) is 9.97 Å². The van der Waals surface area contributed by atoms with Crippen molar-refractivity contribution in [2.45, 2.75) is 19.8 Å². The zero-order valence-corrected chi connectivity index (χ0v) is 13.5. The summed E-state index contributed by atoms with van der Waals surface area (Å²) >= 11 is 3.46. The highest BCUT2D eigenvalue weighted by Crippen LogP contribution is 2.24. The third-order valence-electron chi connectivity index (χ3n) is 2.62. The van der Waals surface area contributed by atoms with E-state index in [1.807, 2.05) is 4.90 Å². The number of nitrogens with one attached hydrogen (secondary N) is 1. The summed E-state index contributed by atoms with van der Waals surface area (Å²) in [5.41, 5.74) is 0. The maximum atomic E-state index is 8.76. The fraction of sp³-hybridized carbons (Fsp3) is 0.615. The van der Waals surface area contributed by atoms with Crippen molar-refractivity contribution in [2.24, 2.45) is 0 Å². The normalized spacial score (nSPS) is 10.1. The first-order chi connectivity index (χ1) is 9.72. The Hall–Kier alpha value is -1.39. The van der Waals surface area contributed by atoms with Crippen molar-refractivity contribution in [3.8, 4) is 6.07 Å². The average molecular weight is 342 g/mol. The summed E-state index contributed by atoms with van der Waals surface area (Å²) in [4.78, 5) is 10.8. The number of methoxy groups -OCH3 is 1. The molecule has 6 nitrogen and oxygen atoms in total. The van der Waals surface area contributed by atoms with E-state index in [1.54, 1.807) is 13.3 Å². The van der Waals surface area contributed by atoms with Crippen LogP contribution in [0.5, 0.6) is 0 Å². The molecule has 0 aliphatic rings. The Balaban J connectivity index is 2.88. The van der Waals surface area contributed by atoms with Crippen molar-refractivity contribution in [3.05, 3.63) is 10.7 Å². The van der Waals surface area contributed by atoms with E-state index in [0.717, 1.165) is 23.3 Å². The van der Waals surface area contributed by atoms with Gasteiger partial charge in [0.2, 0.25) is 5.95 Å². The van der Waals surface area contributed by atoms with Gasteiger partial charge in [0, 0.05) is 32.9 Å². The van der Waals surface area contributed by atoms with Gasteiger partial charge in [-0.2, -0.15) is 10.2 Å². The van der Waals surface area contributed by atoms with Crippen LogP contribution < -0.4 is 10.2 Å². The molecule has 0 spiro atoms. The van der Waals surface area contributed by atoms with Crippen LogP contribution in [0, 0.1) is 11.3 Å². The minimum absolute atomic E-state index is 0.442. The largest absolute Gasteiger partial charge is 0.383 e. The molecule has 1 N–H and O–H groups in total. The highest BCUT2D eigenvalue weighted by Gasteiger charge is 2.13. The summed E-state index contributed by atoms with van der Waals surface area (Å²) in [6, 6.07) is 2.16. The van der Waals surface area contributed by atoms with E-state index in [-0.39, 0.29) is 0 Å². The molecule has 0 aromatic carbocycles. The summed E-state index contributed by atoms with van der Waals surface area (Å²) in [5.74, 6) is 1.38. The zero-order valence-electron chi connectivity index (χ0n) is 11.9. The monoisotopic (exact) mass is 341 g/mol. The number of halogens is 1. The van der Waals surface area contributed by atoms with E-state index >= 15 is 0 Å². The van der Waals surface area contributed by atoms with Crippen LogP contribution in [-0.2, 0) is 4.74 Å². The lowest BCUT2D eigenvalue weighted by molar-refractivity contribution is 0.205. The first-order valence-electron chi connectivity index (χ1n) is 6.60. The first kappa shape index (κ1) is 16.7. The molecule has 0 aliphatic carbocycles. The van der Waals surface area contributed by atoms with E-state index in [9.17, 15) is 0 Å². The Morgan fingerprint density at radius 1 is 1.50 bits per heavy atom. The second kappa shape index (κ2) is 9.50. The van der Waals surface area contributed by atoms with Gasteiger partial charge >= 0.3 is 0 Å². The van der Waals surface area contributed by atoms with Crippen molar-refractivity contribution >= 4 is 27.7 Å². The Morgan fingerprint density at radius 3 is 2.95 bits per heavy atom. The number of rotatable bonds is 9. The van der Waals surface area contributed by atoms with Crippen LogP contribution in [0.2, 0.25) is 0 Å². The number of hydrogen-bond acceptors (Lipinski definition) is 6. The predicted molar refractivity (Wildman–Crippen MR) is 82.8 cm³/mol. The van der Waals surface area contributed by atoms with Gasteiger partial charge in [-0.05, 0) is 22.4 Å². The molecule has 0 amide bonds. The van der Waals surface area contributed by atoms with E-state index in [2.05, 4.69) is 44.2 Å². The van der Waals surface area contributed by atoms with E-state index in [1.165, 1.54) is 0 Å². The zero-order chi connectivity index (χ0) is 14.8. The predicted octanol–water partition coefficient (Wildman–Crippen LogP) is 2.43. The summed E-state index contributed by atoms with van der Waals surface area (Å²) in [6.07, 6.45) is 3.18. The fourth-order valence-corrected chi connectivity index (χ4v) is 2.05. The summed E-state index contributed by atoms with van der Waals surface area (Å²) < 4.78 is 5.92. The van der Waals surface area contributed by atoms with E-state index in [4.69, 9.17) is 10.00 Å². The third-order valence-corrected chi connectivity index (χ3v) is 3.18. The number of hydrogen-bond donors (Lipinski definition) is 1. The third kappa shape index (κ3) is 5.31. The second-order valence-corrected chi connectivity index (χ2v) is 5.03. The van der Waals surface area contributed by atoms with Crippen molar-refractivity contribution in [3.63, 3.8) is 0 Å². The molecule has 1 rings (SSSR count). The molecule has 0 bridgehead atoms. The lowest BCUT2D eigenvalue weighted by Crippen LogP contribution is -2.29. The quantitative estimate of drug-likeness (QED) is 0.743. The molecule has 1 aromatic rings. The molecule has 0 unspecified atom stereocenters. The Bertz CT molecular complexity index is 449. The summed E-state index contributed by atoms with van der Waals surface area (Å²) in [5, 5.41) is 11.9. The smallest absolute Gasteiger partial charge is 0.224 e. The molecule has 0 fully saturated rings. The number of nitrogens with zero attached hydrogens (tertiary/aromatic N) is 4. The summed E-state index contributed by atoms with van der Waals surface area (Å²) in [6.45, 7) is 4.80. The molecule has 0 atom stereocenters. The van der Waals surface area contributed by atoms with Gasteiger partial charge in [-0.1, -0.05) is 6.92 Å². The van der Waals surface area contributed by atoms with Gasteiger partial charge in [-0.15, -0.1) is 0 Å². The number of aromatic nitrogens is 2. The SMILES string of the molecule is CCCNc1ncc(Br)c(N(CCC#N)CCOC)n1. The Labute approximate surface area is 128 Å². The van der Waals surface area contributed by atoms with Gasteiger partial charge in [-0.25, -0.2) is 4.98 Å².